The first-order valence-electron chi connectivity index (χ1n) is 9.58. The first kappa shape index (κ1) is 18.6. The highest BCUT2D eigenvalue weighted by atomic mass is 32.1. The molecule has 1 saturated carbocycles. The minimum absolute atomic E-state index is 0.0218. The Balaban J connectivity index is 1.31. The number of amides is 1. The lowest BCUT2D eigenvalue weighted by Gasteiger charge is -2.43. The molecule has 0 spiro atoms. The zero-order valence-corrected chi connectivity index (χ0v) is 16.8. The van der Waals surface area contributed by atoms with Gasteiger partial charge in [0.15, 0.2) is 0 Å². The topological polar surface area (TPSA) is 77.2 Å². The molecule has 2 aromatic rings. The molecule has 5 nitrogen and oxygen atoms in total. The molecule has 6 heteroatoms. The van der Waals surface area contributed by atoms with Gasteiger partial charge in [-0.1, -0.05) is 38.1 Å². The Labute approximate surface area is 164 Å². The summed E-state index contributed by atoms with van der Waals surface area (Å²) in [4.78, 5) is 17.0. The molecule has 3 heterocycles. The molecule has 2 bridgehead atoms. The van der Waals surface area contributed by atoms with Crippen molar-refractivity contribution in [3.05, 3.63) is 40.9 Å². The van der Waals surface area contributed by atoms with E-state index in [0.29, 0.717) is 32.0 Å². The van der Waals surface area contributed by atoms with E-state index in [9.17, 15) is 4.79 Å². The van der Waals surface area contributed by atoms with Gasteiger partial charge in [0.2, 0.25) is 5.91 Å². The number of nitrogens with zero attached hydrogens (tertiary/aromatic N) is 1. The van der Waals surface area contributed by atoms with Crippen molar-refractivity contribution in [2.45, 2.75) is 44.6 Å². The maximum absolute atomic E-state index is 12.3. The number of hydrogen-bond donors (Lipinski definition) is 2. The largest absolute Gasteiger partial charge is 0.373 e. The maximum atomic E-state index is 12.3. The molecule has 1 aromatic carbocycles. The third kappa shape index (κ3) is 3.66. The number of thiazole rings is 1. The minimum Gasteiger partial charge on any atom is -0.373 e. The summed E-state index contributed by atoms with van der Waals surface area (Å²) in [6.07, 6.45) is 2.24. The van der Waals surface area contributed by atoms with E-state index >= 15 is 0 Å². The van der Waals surface area contributed by atoms with Crippen LogP contribution in [0.5, 0.6) is 0 Å². The maximum Gasteiger partial charge on any atom is 0.226 e. The molecular weight excluding hydrogens is 358 g/mol. The Morgan fingerprint density at radius 2 is 2.07 bits per heavy atom. The first-order valence-corrected chi connectivity index (χ1v) is 10.5. The summed E-state index contributed by atoms with van der Waals surface area (Å²) in [5.74, 6) is 0.540. The van der Waals surface area contributed by atoms with Crippen LogP contribution in [-0.2, 0) is 16.0 Å². The van der Waals surface area contributed by atoms with Gasteiger partial charge in [-0.25, -0.2) is 4.98 Å². The molecule has 0 atom stereocenters. The van der Waals surface area contributed by atoms with Crippen LogP contribution in [0.1, 0.15) is 43.9 Å². The predicted molar refractivity (Wildman–Crippen MR) is 108 cm³/mol. The van der Waals surface area contributed by atoms with Gasteiger partial charge in [0.05, 0.1) is 24.3 Å². The second kappa shape index (κ2) is 7.00. The first-order chi connectivity index (χ1) is 12.9. The highest BCUT2D eigenvalue weighted by molar-refractivity contribution is 7.13. The highest BCUT2D eigenvalue weighted by Crippen LogP contribution is 2.56. The van der Waals surface area contributed by atoms with Gasteiger partial charge < -0.3 is 15.8 Å². The molecule has 2 aliphatic heterocycles. The number of rotatable bonds is 7. The molecule has 1 amide bonds. The molecule has 3 aliphatic rings. The van der Waals surface area contributed by atoms with Crippen molar-refractivity contribution in [2.75, 3.05) is 19.7 Å². The average molecular weight is 386 g/mol. The molecule has 1 aromatic heterocycles. The van der Waals surface area contributed by atoms with Gasteiger partial charge in [0, 0.05) is 29.4 Å². The summed E-state index contributed by atoms with van der Waals surface area (Å²) in [5, 5.41) is 6.00. The summed E-state index contributed by atoms with van der Waals surface area (Å²) >= 11 is 1.59. The second-order valence-corrected chi connectivity index (χ2v) is 9.26. The number of carbonyl (C=O) groups excluding carboxylic acids is 1. The summed E-state index contributed by atoms with van der Waals surface area (Å²) in [5.41, 5.74) is 9.01. The van der Waals surface area contributed by atoms with Crippen molar-refractivity contribution in [3.63, 3.8) is 0 Å². The lowest BCUT2D eigenvalue weighted by atomic mass is 9.62. The Kier molecular flexibility index (Phi) is 4.82. The quantitative estimate of drug-likeness (QED) is 0.768. The van der Waals surface area contributed by atoms with Crippen LogP contribution >= 0.6 is 11.3 Å². The van der Waals surface area contributed by atoms with E-state index in [1.807, 2.05) is 5.38 Å². The molecule has 3 fully saturated rings. The van der Waals surface area contributed by atoms with Gasteiger partial charge in [-0.15, -0.1) is 11.3 Å². The van der Waals surface area contributed by atoms with E-state index in [-0.39, 0.29) is 16.9 Å². The van der Waals surface area contributed by atoms with Gasteiger partial charge in [-0.2, -0.15) is 0 Å². The van der Waals surface area contributed by atoms with Crippen LogP contribution < -0.4 is 11.1 Å². The third-order valence-corrected chi connectivity index (χ3v) is 6.77. The van der Waals surface area contributed by atoms with E-state index in [0.717, 1.165) is 29.1 Å². The average Bonchev–Trinajstić information content (AvgIpc) is 3.33. The van der Waals surface area contributed by atoms with Crippen molar-refractivity contribution < 1.29 is 9.53 Å². The number of nitrogens with one attached hydrogen (secondary N) is 1. The summed E-state index contributed by atoms with van der Waals surface area (Å²) in [6.45, 7) is 6.32. The number of nitrogens with two attached hydrogens (primary N) is 1. The van der Waals surface area contributed by atoms with Crippen LogP contribution in [-0.4, -0.2) is 36.2 Å². The number of ether oxygens (including phenoxy) is 1. The second-order valence-electron chi connectivity index (χ2n) is 8.40. The fourth-order valence-corrected chi connectivity index (χ4v) is 5.07. The fourth-order valence-electron chi connectivity index (χ4n) is 4.25. The number of hydrogen-bond acceptors (Lipinski definition) is 5. The zero-order valence-electron chi connectivity index (χ0n) is 16.0. The van der Waals surface area contributed by atoms with E-state index < -0.39 is 0 Å². The molecule has 0 radical (unpaired) electrons. The van der Waals surface area contributed by atoms with Crippen LogP contribution in [0, 0.1) is 5.41 Å². The smallest absolute Gasteiger partial charge is 0.226 e. The zero-order chi connectivity index (χ0) is 19.1. The van der Waals surface area contributed by atoms with Crippen molar-refractivity contribution >= 4 is 17.2 Å². The van der Waals surface area contributed by atoms with Crippen LogP contribution in [0.2, 0.25) is 0 Å². The van der Waals surface area contributed by atoms with Crippen molar-refractivity contribution in [3.8, 4) is 10.6 Å². The molecule has 3 N–H and O–H groups in total. The number of aromatic nitrogens is 1. The molecule has 144 valence electrons. The lowest BCUT2D eigenvalue weighted by Crippen LogP contribution is -2.53. The van der Waals surface area contributed by atoms with E-state index in [2.05, 4.69) is 48.4 Å². The molecule has 2 saturated heterocycles. The van der Waals surface area contributed by atoms with Crippen LogP contribution in [0.4, 0.5) is 0 Å². The monoisotopic (exact) mass is 385 g/mol. The van der Waals surface area contributed by atoms with Gasteiger partial charge in [-0.3, -0.25) is 4.79 Å². The van der Waals surface area contributed by atoms with Crippen molar-refractivity contribution in [2.24, 2.45) is 11.1 Å². The Bertz CT molecular complexity index is 822. The molecule has 5 rings (SSSR count). The minimum atomic E-state index is -0.111. The molecule has 1 aliphatic carbocycles. The molecular formula is C21H27N3O2S. The van der Waals surface area contributed by atoms with Gasteiger partial charge >= 0.3 is 0 Å². The summed E-state index contributed by atoms with van der Waals surface area (Å²) < 4.78 is 5.81. The molecule has 27 heavy (non-hydrogen) atoms. The number of carbonyl (C=O) groups is 1. The standard InChI is InChI=1S/C21H27N3O2S/c1-14(2)15-3-5-16(6-4-15)19-24-17(8-27-19)7-18(25)23-12-20-9-21(10-20,11-22)26-13-20/h3-6,8,14H,7,9-13,22H2,1-2H3,(H,23,25). The lowest BCUT2D eigenvalue weighted by molar-refractivity contribution is -0.121. The Hall–Kier alpha value is -1.76. The van der Waals surface area contributed by atoms with Crippen LogP contribution in [0.25, 0.3) is 10.6 Å². The SMILES string of the molecule is CC(C)c1ccc(-c2nc(CC(=O)NCC34COC(CN)(C3)C4)cs2)cc1. The summed E-state index contributed by atoms with van der Waals surface area (Å²) in [6, 6.07) is 8.52. The fraction of sp³-hybridized carbons (Fsp3) is 0.524. The van der Waals surface area contributed by atoms with Crippen molar-refractivity contribution in [1.82, 2.24) is 10.3 Å². The van der Waals surface area contributed by atoms with Crippen molar-refractivity contribution in [1.29, 1.82) is 0 Å². The van der Waals surface area contributed by atoms with Gasteiger partial charge in [0.1, 0.15) is 5.01 Å². The Morgan fingerprint density at radius 1 is 1.33 bits per heavy atom. The highest BCUT2D eigenvalue weighted by Gasteiger charge is 2.61. The van der Waals surface area contributed by atoms with E-state index in [4.69, 9.17) is 10.5 Å². The van der Waals surface area contributed by atoms with Crippen LogP contribution in [0.3, 0.4) is 0 Å². The molecule has 0 unspecified atom stereocenters. The van der Waals surface area contributed by atoms with E-state index in [1.165, 1.54) is 5.56 Å². The van der Waals surface area contributed by atoms with Gasteiger partial charge in [-0.05, 0) is 24.3 Å². The van der Waals surface area contributed by atoms with Crippen LogP contribution in [0.15, 0.2) is 29.6 Å². The normalized spacial score (nSPS) is 26.2. The third-order valence-electron chi connectivity index (χ3n) is 5.83. The number of benzene rings is 1. The number of fused-ring (bicyclic) bond motifs is 1. The summed E-state index contributed by atoms with van der Waals surface area (Å²) in [7, 11) is 0. The predicted octanol–water partition coefficient (Wildman–Crippen LogP) is 3.10. The van der Waals surface area contributed by atoms with Gasteiger partial charge in [0.25, 0.3) is 0 Å². The Morgan fingerprint density at radius 3 is 2.70 bits per heavy atom. The van der Waals surface area contributed by atoms with E-state index in [1.54, 1.807) is 11.3 Å².